The Morgan fingerprint density at radius 2 is 1.89 bits per heavy atom. The molecule has 0 radical (unpaired) electrons. The fourth-order valence-electron chi connectivity index (χ4n) is 4.26. The third-order valence-electron chi connectivity index (χ3n) is 6.68. The summed E-state index contributed by atoms with van der Waals surface area (Å²) in [6, 6.07) is 9.46. The van der Waals surface area contributed by atoms with Gasteiger partial charge in [-0.3, -0.25) is 4.90 Å². The first kappa shape index (κ1) is 28.0. The number of alkyl halides is 2. The number of methoxy groups -OCH3 is 2. The van der Waals surface area contributed by atoms with E-state index in [1.807, 2.05) is 12.1 Å². The van der Waals surface area contributed by atoms with Crippen LogP contribution in [0.25, 0.3) is 0 Å². The highest BCUT2D eigenvalue weighted by Gasteiger charge is 2.41. The highest BCUT2D eigenvalue weighted by atomic mass is 35.5. The molecule has 4 rings (SSSR count). The Hall–Kier alpha value is -3.05. The summed E-state index contributed by atoms with van der Waals surface area (Å²) in [7, 11) is 4.52. The summed E-state index contributed by atoms with van der Waals surface area (Å²) in [5.41, 5.74) is 2.41. The molecule has 12 heteroatoms. The maximum absolute atomic E-state index is 13.0. The van der Waals surface area contributed by atoms with E-state index in [2.05, 4.69) is 49.5 Å². The second-order valence-electron chi connectivity index (χ2n) is 8.96. The number of aromatic nitrogens is 2. The van der Waals surface area contributed by atoms with E-state index in [1.54, 1.807) is 25.3 Å². The summed E-state index contributed by atoms with van der Waals surface area (Å²) in [4.78, 5) is 27.8. The molecule has 1 saturated heterocycles. The van der Waals surface area contributed by atoms with Crippen LogP contribution in [0.4, 0.5) is 27.8 Å². The van der Waals surface area contributed by atoms with Crippen molar-refractivity contribution in [2.75, 3.05) is 69.1 Å². The lowest BCUT2D eigenvalue weighted by Gasteiger charge is -2.35. The SMILES string of the molecule is CCN1CCN(c2ccc(Nc3cc(N(C)C(=O)NC4=CC(OC)=CC(Cl)(OC)C4Cl)ncn3)cc2)CC1. The molecule has 2 heterocycles. The molecule has 1 aliphatic heterocycles. The van der Waals surface area contributed by atoms with Crippen molar-refractivity contribution >= 4 is 52.2 Å². The Morgan fingerprint density at radius 1 is 1.18 bits per heavy atom. The fourth-order valence-corrected chi connectivity index (χ4v) is 4.76. The highest BCUT2D eigenvalue weighted by Crippen LogP contribution is 2.36. The van der Waals surface area contributed by atoms with E-state index >= 15 is 0 Å². The van der Waals surface area contributed by atoms with Crippen molar-refractivity contribution in [1.29, 1.82) is 0 Å². The van der Waals surface area contributed by atoms with Gasteiger partial charge in [0.2, 0.25) is 0 Å². The van der Waals surface area contributed by atoms with Gasteiger partial charge in [-0.05, 0) is 30.8 Å². The molecular weight excluding hydrogens is 529 g/mol. The Balaban J connectivity index is 1.40. The number of halogens is 2. The van der Waals surface area contributed by atoms with E-state index in [0.717, 1.165) is 38.4 Å². The molecule has 2 atom stereocenters. The fraction of sp³-hybridized carbons (Fsp3) is 0.423. The number of benzene rings is 1. The summed E-state index contributed by atoms with van der Waals surface area (Å²) in [5, 5.41) is 3.83. The predicted octanol–water partition coefficient (Wildman–Crippen LogP) is 4.12. The van der Waals surface area contributed by atoms with Crippen molar-refractivity contribution in [2.45, 2.75) is 17.4 Å². The second kappa shape index (κ2) is 12.2. The van der Waals surface area contributed by atoms with Gasteiger partial charge < -0.3 is 29.9 Å². The molecule has 1 aliphatic carbocycles. The third kappa shape index (κ3) is 6.32. The second-order valence-corrected chi connectivity index (χ2v) is 9.99. The van der Waals surface area contributed by atoms with Crippen LogP contribution in [-0.2, 0) is 9.47 Å². The lowest BCUT2D eigenvalue weighted by Crippen LogP contribution is -2.46. The molecule has 10 nitrogen and oxygen atoms in total. The predicted molar refractivity (Wildman–Crippen MR) is 151 cm³/mol. The molecule has 2 unspecified atom stereocenters. The van der Waals surface area contributed by atoms with Gasteiger partial charge in [-0.2, -0.15) is 0 Å². The summed E-state index contributed by atoms with van der Waals surface area (Å²) in [6.07, 6.45) is 4.55. The van der Waals surface area contributed by atoms with Crippen molar-refractivity contribution in [3.63, 3.8) is 0 Å². The van der Waals surface area contributed by atoms with Crippen LogP contribution in [0, 0.1) is 0 Å². The number of hydrogen-bond acceptors (Lipinski definition) is 8. The summed E-state index contributed by atoms with van der Waals surface area (Å²) >= 11 is 13.0. The minimum atomic E-state index is -1.37. The zero-order valence-electron chi connectivity index (χ0n) is 21.9. The first-order valence-corrected chi connectivity index (χ1v) is 13.2. The Morgan fingerprint density at radius 3 is 2.53 bits per heavy atom. The van der Waals surface area contributed by atoms with Gasteiger partial charge in [-0.25, -0.2) is 14.8 Å². The van der Waals surface area contributed by atoms with Gasteiger partial charge >= 0.3 is 6.03 Å². The van der Waals surface area contributed by atoms with Crippen LogP contribution in [0.1, 0.15) is 6.92 Å². The van der Waals surface area contributed by atoms with E-state index in [9.17, 15) is 4.79 Å². The number of amides is 2. The van der Waals surface area contributed by atoms with Crippen molar-refractivity contribution in [3.05, 3.63) is 60.3 Å². The molecule has 38 heavy (non-hydrogen) atoms. The minimum absolute atomic E-state index is 0.336. The zero-order valence-corrected chi connectivity index (χ0v) is 23.5. The molecular formula is C26H33Cl2N7O3. The van der Waals surface area contributed by atoms with Crippen LogP contribution in [0.15, 0.2) is 60.3 Å². The van der Waals surface area contributed by atoms with E-state index in [-0.39, 0.29) is 0 Å². The van der Waals surface area contributed by atoms with Crippen LogP contribution >= 0.6 is 23.2 Å². The summed E-state index contributed by atoms with van der Waals surface area (Å²) in [6.45, 7) is 7.48. The van der Waals surface area contributed by atoms with Gasteiger partial charge in [0.1, 0.15) is 29.1 Å². The molecule has 1 aromatic carbocycles. The Kier molecular flexibility index (Phi) is 8.99. The number of nitrogens with one attached hydrogen (secondary N) is 2. The number of anilines is 4. The third-order valence-corrected chi connectivity index (χ3v) is 7.83. The number of nitrogens with zero attached hydrogens (tertiary/aromatic N) is 5. The van der Waals surface area contributed by atoms with E-state index in [0.29, 0.717) is 23.1 Å². The molecule has 2 N–H and O–H groups in total. The Bertz CT molecular complexity index is 1190. The Labute approximate surface area is 233 Å². The minimum Gasteiger partial charge on any atom is -0.497 e. The van der Waals surface area contributed by atoms with E-state index < -0.39 is 16.5 Å². The van der Waals surface area contributed by atoms with Crippen LogP contribution in [-0.4, -0.2) is 85.3 Å². The first-order chi connectivity index (χ1) is 18.3. The quantitative estimate of drug-likeness (QED) is 0.464. The van der Waals surface area contributed by atoms with Gasteiger partial charge in [0, 0.05) is 75.6 Å². The lowest BCUT2D eigenvalue weighted by atomic mass is 10.1. The molecule has 0 saturated carbocycles. The maximum Gasteiger partial charge on any atom is 0.327 e. The number of allylic oxidation sites excluding steroid dienone is 1. The molecule has 1 aromatic heterocycles. The van der Waals surface area contributed by atoms with Crippen LogP contribution < -0.4 is 20.4 Å². The molecule has 2 aliphatic rings. The van der Waals surface area contributed by atoms with Crippen LogP contribution in [0.2, 0.25) is 0 Å². The summed E-state index contributed by atoms with van der Waals surface area (Å²) < 4.78 is 10.6. The van der Waals surface area contributed by atoms with Gasteiger partial charge in [0.15, 0.2) is 5.06 Å². The molecule has 204 valence electrons. The average molecular weight is 563 g/mol. The molecule has 0 bridgehead atoms. The van der Waals surface area contributed by atoms with Gasteiger partial charge in [-0.1, -0.05) is 18.5 Å². The van der Waals surface area contributed by atoms with Crippen molar-refractivity contribution in [3.8, 4) is 0 Å². The standard InChI is InChI=1S/C26H33Cl2N7O3/c1-5-34-10-12-35(13-11-34)19-8-6-18(7-9-19)31-22-15-23(30-17-29-22)33(2)25(36)32-21-14-20(37-3)16-26(28,38-4)24(21)27/h6-9,14-17,24H,5,10-13H2,1-4H3,(H,32,36)(H,29,30,31). The monoisotopic (exact) mass is 561 g/mol. The zero-order chi connectivity index (χ0) is 27.3. The van der Waals surface area contributed by atoms with Crippen molar-refractivity contribution < 1.29 is 14.3 Å². The lowest BCUT2D eigenvalue weighted by molar-refractivity contribution is 0.0997. The number of carbonyl (C=O) groups excluding carboxylic acids is 1. The van der Waals surface area contributed by atoms with Crippen LogP contribution in [0.3, 0.4) is 0 Å². The summed E-state index contributed by atoms with van der Waals surface area (Å²) in [5.74, 6) is 1.36. The molecule has 1 fully saturated rings. The smallest absolute Gasteiger partial charge is 0.327 e. The number of piperazine rings is 1. The number of likely N-dealkylation sites (N-methyl/N-ethyl adjacent to an activating group) is 1. The molecule has 2 amide bonds. The number of ether oxygens (including phenoxy) is 2. The van der Waals surface area contributed by atoms with Crippen LogP contribution in [0.5, 0.6) is 0 Å². The van der Waals surface area contributed by atoms with E-state index in [1.165, 1.54) is 31.1 Å². The van der Waals surface area contributed by atoms with Gasteiger partial charge in [0.05, 0.1) is 7.11 Å². The largest absolute Gasteiger partial charge is 0.497 e. The molecule has 0 spiro atoms. The van der Waals surface area contributed by atoms with E-state index in [4.69, 9.17) is 32.7 Å². The maximum atomic E-state index is 13.0. The number of rotatable bonds is 8. The van der Waals surface area contributed by atoms with Crippen molar-refractivity contribution in [1.82, 2.24) is 20.2 Å². The van der Waals surface area contributed by atoms with Crippen molar-refractivity contribution in [2.24, 2.45) is 0 Å². The number of urea groups is 1. The van der Waals surface area contributed by atoms with Gasteiger partial charge in [-0.15, -0.1) is 11.6 Å². The normalized spacial score (nSPS) is 21.8. The number of carbonyl (C=O) groups is 1. The van der Waals surface area contributed by atoms with Gasteiger partial charge in [0.25, 0.3) is 0 Å². The topological polar surface area (TPSA) is 95.1 Å². The highest BCUT2D eigenvalue weighted by molar-refractivity contribution is 6.34. The number of hydrogen-bond donors (Lipinski definition) is 2. The average Bonchev–Trinajstić information content (AvgIpc) is 2.95. The molecule has 2 aromatic rings. The first-order valence-electron chi connectivity index (χ1n) is 12.3.